The maximum atomic E-state index is 12.9. The van der Waals surface area contributed by atoms with Crippen LogP contribution in [0, 0.1) is 24.2 Å². The second-order valence-electron chi connectivity index (χ2n) is 8.98. The minimum Gasteiger partial charge on any atom is -0.337 e. The van der Waals surface area contributed by atoms with Gasteiger partial charge >= 0.3 is 0 Å². The highest BCUT2D eigenvalue weighted by atomic mass is 35.5. The molecule has 1 saturated heterocycles. The third-order valence-corrected chi connectivity index (χ3v) is 5.75. The summed E-state index contributed by atoms with van der Waals surface area (Å²) >= 11 is 6.27. The standard InChI is InChI=1S/C27H24ClN3O2/c1-18-13-20(10-9-19-7-5-4-6-8-19)15-29-24(18)30-25(32)22-14-21(11-12-23(22)28)26(33)31-16-27(2,3)17-31/h4-8,11-15H,16-17H2,1-3H3,(H,29,30,32). The largest absolute Gasteiger partial charge is 0.337 e. The second-order valence-corrected chi connectivity index (χ2v) is 9.39. The summed E-state index contributed by atoms with van der Waals surface area (Å²) < 4.78 is 0. The lowest BCUT2D eigenvalue weighted by molar-refractivity contribution is 0.0236. The van der Waals surface area contributed by atoms with Crippen LogP contribution in [0.5, 0.6) is 0 Å². The second kappa shape index (κ2) is 9.09. The first kappa shape index (κ1) is 22.6. The molecular weight excluding hydrogens is 434 g/mol. The predicted molar refractivity (Wildman–Crippen MR) is 130 cm³/mol. The number of carbonyl (C=O) groups excluding carboxylic acids is 2. The molecule has 5 nitrogen and oxygen atoms in total. The molecule has 2 heterocycles. The molecule has 0 atom stereocenters. The van der Waals surface area contributed by atoms with Crippen molar-refractivity contribution in [3.05, 3.63) is 93.6 Å². The first-order valence-electron chi connectivity index (χ1n) is 10.7. The number of amides is 2. The topological polar surface area (TPSA) is 62.3 Å². The Morgan fingerprint density at radius 3 is 2.39 bits per heavy atom. The van der Waals surface area contributed by atoms with Crippen molar-refractivity contribution in [3.63, 3.8) is 0 Å². The average Bonchev–Trinajstić information content (AvgIpc) is 2.78. The number of nitrogens with one attached hydrogen (secondary N) is 1. The van der Waals surface area contributed by atoms with Gasteiger partial charge in [-0.1, -0.05) is 55.5 Å². The number of rotatable bonds is 3. The summed E-state index contributed by atoms with van der Waals surface area (Å²) in [6.45, 7) is 7.47. The van der Waals surface area contributed by atoms with E-state index in [0.29, 0.717) is 24.5 Å². The van der Waals surface area contributed by atoms with Crippen molar-refractivity contribution in [2.24, 2.45) is 5.41 Å². The van der Waals surface area contributed by atoms with Crippen LogP contribution in [0.3, 0.4) is 0 Å². The molecule has 0 unspecified atom stereocenters. The Kier molecular flexibility index (Phi) is 6.22. The number of nitrogens with zero attached hydrogens (tertiary/aromatic N) is 2. The van der Waals surface area contributed by atoms with E-state index in [9.17, 15) is 9.59 Å². The molecule has 0 spiro atoms. The Labute approximate surface area is 198 Å². The SMILES string of the molecule is Cc1cc(C#Cc2ccccc2)cnc1NC(=O)c1cc(C(=O)N2CC(C)(C)C2)ccc1Cl. The van der Waals surface area contributed by atoms with Crippen LogP contribution in [-0.4, -0.2) is 34.8 Å². The lowest BCUT2D eigenvalue weighted by atomic mass is 9.84. The van der Waals surface area contributed by atoms with Gasteiger partial charge in [-0.3, -0.25) is 9.59 Å². The first-order valence-corrected chi connectivity index (χ1v) is 11.0. The Balaban J connectivity index is 1.49. The molecule has 1 fully saturated rings. The van der Waals surface area contributed by atoms with Gasteiger partial charge in [-0.15, -0.1) is 0 Å². The van der Waals surface area contributed by atoms with Gasteiger partial charge in [0.15, 0.2) is 0 Å². The third kappa shape index (κ3) is 5.24. The summed E-state index contributed by atoms with van der Waals surface area (Å²) in [4.78, 5) is 31.8. The maximum Gasteiger partial charge on any atom is 0.258 e. The number of hydrogen-bond donors (Lipinski definition) is 1. The van der Waals surface area contributed by atoms with Gasteiger partial charge < -0.3 is 10.2 Å². The Morgan fingerprint density at radius 1 is 1.03 bits per heavy atom. The molecule has 6 heteroatoms. The molecule has 0 aliphatic carbocycles. The van der Waals surface area contributed by atoms with Crippen molar-refractivity contribution in [3.8, 4) is 11.8 Å². The number of pyridine rings is 1. The van der Waals surface area contributed by atoms with E-state index in [1.165, 1.54) is 0 Å². The van der Waals surface area contributed by atoms with E-state index in [4.69, 9.17) is 11.6 Å². The van der Waals surface area contributed by atoms with Crippen LogP contribution in [0.4, 0.5) is 5.82 Å². The summed E-state index contributed by atoms with van der Waals surface area (Å²) in [6.07, 6.45) is 1.62. The van der Waals surface area contributed by atoms with E-state index in [1.54, 1.807) is 29.3 Å². The van der Waals surface area contributed by atoms with Crippen LogP contribution in [-0.2, 0) is 0 Å². The zero-order valence-corrected chi connectivity index (χ0v) is 19.5. The predicted octanol–water partition coefficient (Wildman–Crippen LogP) is 5.18. The highest BCUT2D eigenvalue weighted by molar-refractivity contribution is 6.34. The van der Waals surface area contributed by atoms with Gasteiger partial charge in [0.25, 0.3) is 11.8 Å². The monoisotopic (exact) mass is 457 g/mol. The van der Waals surface area contributed by atoms with Crippen LogP contribution in [0.25, 0.3) is 0 Å². The first-order chi connectivity index (χ1) is 15.7. The van der Waals surface area contributed by atoms with Crippen LogP contribution < -0.4 is 5.32 Å². The van der Waals surface area contributed by atoms with Crippen molar-refractivity contribution in [2.45, 2.75) is 20.8 Å². The van der Waals surface area contributed by atoms with Gasteiger partial charge in [-0.25, -0.2) is 4.98 Å². The van der Waals surface area contributed by atoms with Gasteiger partial charge in [-0.05, 0) is 54.3 Å². The fraction of sp³-hybridized carbons (Fsp3) is 0.222. The Bertz CT molecular complexity index is 1280. The molecule has 0 radical (unpaired) electrons. The molecule has 0 bridgehead atoms. The summed E-state index contributed by atoms with van der Waals surface area (Å²) in [5.41, 5.74) is 3.24. The zero-order valence-electron chi connectivity index (χ0n) is 18.8. The van der Waals surface area contributed by atoms with Crippen molar-refractivity contribution < 1.29 is 9.59 Å². The van der Waals surface area contributed by atoms with Crippen molar-refractivity contribution in [1.82, 2.24) is 9.88 Å². The Morgan fingerprint density at radius 2 is 1.73 bits per heavy atom. The molecule has 33 heavy (non-hydrogen) atoms. The number of benzene rings is 2. The van der Waals surface area contributed by atoms with Gasteiger partial charge in [0.05, 0.1) is 10.6 Å². The average molecular weight is 458 g/mol. The van der Waals surface area contributed by atoms with Crippen LogP contribution in [0.2, 0.25) is 5.02 Å². The maximum absolute atomic E-state index is 12.9. The molecule has 2 aromatic carbocycles. The van der Waals surface area contributed by atoms with E-state index in [2.05, 4.69) is 36.0 Å². The third-order valence-electron chi connectivity index (χ3n) is 5.42. The molecule has 2 amide bonds. The number of carbonyl (C=O) groups is 2. The molecule has 3 aromatic rings. The number of aryl methyl sites for hydroxylation is 1. The van der Waals surface area contributed by atoms with Gasteiger partial charge in [-0.2, -0.15) is 0 Å². The molecule has 4 rings (SSSR count). The normalized spacial score (nSPS) is 14.0. The van der Waals surface area contributed by atoms with Crippen molar-refractivity contribution >= 4 is 29.2 Å². The summed E-state index contributed by atoms with van der Waals surface area (Å²) in [7, 11) is 0. The lowest BCUT2D eigenvalue weighted by Gasteiger charge is -2.45. The van der Waals surface area contributed by atoms with Gasteiger partial charge in [0.2, 0.25) is 0 Å². The number of anilines is 1. The number of hydrogen-bond acceptors (Lipinski definition) is 3. The molecule has 0 saturated carbocycles. The number of aromatic nitrogens is 1. The summed E-state index contributed by atoms with van der Waals surface area (Å²) in [6, 6.07) is 16.3. The summed E-state index contributed by atoms with van der Waals surface area (Å²) in [5, 5.41) is 3.07. The smallest absolute Gasteiger partial charge is 0.258 e. The van der Waals surface area contributed by atoms with E-state index in [1.807, 2.05) is 43.3 Å². The number of halogens is 1. The van der Waals surface area contributed by atoms with Gasteiger partial charge in [0.1, 0.15) is 5.82 Å². The van der Waals surface area contributed by atoms with Crippen LogP contribution in [0.15, 0.2) is 60.8 Å². The van der Waals surface area contributed by atoms with Crippen molar-refractivity contribution in [1.29, 1.82) is 0 Å². The van der Waals surface area contributed by atoms with E-state index in [0.717, 1.165) is 16.7 Å². The molecule has 1 aliphatic heterocycles. The Hall–Kier alpha value is -3.62. The minimum absolute atomic E-state index is 0.101. The molecule has 1 N–H and O–H groups in total. The quantitative estimate of drug-likeness (QED) is 0.551. The van der Waals surface area contributed by atoms with Crippen LogP contribution in [0.1, 0.15) is 51.3 Å². The minimum atomic E-state index is -0.419. The number of likely N-dealkylation sites (tertiary alicyclic amines) is 1. The molecule has 1 aromatic heterocycles. The molecular formula is C27H24ClN3O2. The zero-order chi connectivity index (χ0) is 23.6. The molecule has 166 valence electrons. The van der Waals surface area contributed by atoms with Crippen molar-refractivity contribution in [2.75, 3.05) is 18.4 Å². The fourth-order valence-electron chi connectivity index (χ4n) is 3.76. The molecule has 1 aliphatic rings. The van der Waals surface area contributed by atoms with E-state index >= 15 is 0 Å². The van der Waals surface area contributed by atoms with Crippen LogP contribution >= 0.6 is 11.6 Å². The van der Waals surface area contributed by atoms with E-state index < -0.39 is 5.91 Å². The lowest BCUT2D eigenvalue weighted by Crippen LogP contribution is -2.55. The highest BCUT2D eigenvalue weighted by Gasteiger charge is 2.37. The van der Waals surface area contributed by atoms with Gasteiger partial charge in [0, 0.05) is 36.0 Å². The van der Waals surface area contributed by atoms with E-state index in [-0.39, 0.29) is 21.9 Å². The fourth-order valence-corrected chi connectivity index (χ4v) is 3.96. The highest BCUT2D eigenvalue weighted by Crippen LogP contribution is 2.30. The summed E-state index contributed by atoms with van der Waals surface area (Å²) in [5.74, 6) is 6.07.